The Hall–Kier alpha value is -1.60. The minimum absolute atomic E-state index is 0.0662. The molecule has 108 valence electrons. The number of H-pyrrole nitrogens is 1. The quantitative estimate of drug-likeness (QED) is 0.909. The summed E-state index contributed by atoms with van der Waals surface area (Å²) in [5, 5.41) is 16.1. The molecule has 0 bridgehead atoms. The first-order chi connectivity index (χ1) is 9.40. The van der Waals surface area contributed by atoms with Crippen molar-refractivity contribution in [1.29, 1.82) is 0 Å². The normalized spacial score (nSPS) is 12.9. The molecule has 0 saturated carbocycles. The van der Waals surface area contributed by atoms with E-state index in [1.807, 2.05) is 13.8 Å². The number of aliphatic hydroxyl groups excluding tert-OH is 1. The van der Waals surface area contributed by atoms with Gasteiger partial charge in [-0.2, -0.15) is 0 Å². The van der Waals surface area contributed by atoms with Gasteiger partial charge in [-0.1, -0.05) is 6.07 Å². The zero-order valence-electron chi connectivity index (χ0n) is 11.4. The predicted octanol–water partition coefficient (Wildman–Crippen LogP) is 2.50. The number of aliphatic hydroxyl groups is 1. The SMILES string of the molecule is CC(C)n1c(Sc2ccc([C@H](C)O)cc2F)n[nH]c1=O. The highest BCUT2D eigenvalue weighted by molar-refractivity contribution is 7.99. The molecule has 0 radical (unpaired) electrons. The summed E-state index contributed by atoms with van der Waals surface area (Å²) in [6.45, 7) is 5.29. The van der Waals surface area contributed by atoms with Gasteiger partial charge in [0.25, 0.3) is 0 Å². The second kappa shape index (κ2) is 5.80. The third kappa shape index (κ3) is 2.94. The first-order valence-corrected chi connectivity index (χ1v) is 7.04. The predicted molar refractivity (Wildman–Crippen MR) is 74.4 cm³/mol. The van der Waals surface area contributed by atoms with Gasteiger partial charge in [-0.25, -0.2) is 14.3 Å². The van der Waals surface area contributed by atoms with Crippen LogP contribution in [0.1, 0.15) is 38.5 Å². The van der Waals surface area contributed by atoms with E-state index >= 15 is 0 Å². The highest BCUT2D eigenvalue weighted by atomic mass is 32.2. The van der Waals surface area contributed by atoms with Crippen LogP contribution in [0.4, 0.5) is 4.39 Å². The van der Waals surface area contributed by atoms with E-state index < -0.39 is 11.9 Å². The molecular weight excluding hydrogens is 281 g/mol. The third-order valence-corrected chi connectivity index (χ3v) is 3.85. The number of nitrogens with one attached hydrogen (secondary N) is 1. The fourth-order valence-electron chi connectivity index (χ4n) is 1.78. The summed E-state index contributed by atoms with van der Waals surface area (Å²) in [5.41, 5.74) is 0.193. The molecule has 1 heterocycles. The molecule has 0 unspecified atom stereocenters. The minimum atomic E-state index is -0.720. The molecule has 0 saturated heterocycles. The standard InChI is InChI=1S/C13H16FN3O2S/c1-7(2)17-12(19)15-16-13(17)20-11-5-4-9(8(3)18)6-10(11)14/h4-8,18H,1-3H3,(H,15,19)/t8-/m0/s1. The first-order valence-electron chi connectivity index (χ1n) is 6.22. The Labute approximate surface area is 119 Å². The summed E-state index contributed by atoms with van der Waals surface area (Å²) in [7, 11) is 0. The number of halogens is 1. The van der Waals surface area contributed by atoms with Crippen LogP contribution >= 0.6 is 11.8 Å². The summed E-state index contributed by atoms with van der Waals surface area (Å²) < 4.78 is 15.4. The fraction of sp³-hybridized carbons (Fsp3) is 0.385. The summed E-state index contributed by atoms with van der Waals surface area (Å²) in [6.07, 6.45) is -0.720. The molecule has 0 fully saturated rings. The van der Waals surface area contributed by atoms with Crippen molar-refractivity contribution in [2.24, 2.45) is 0 Å². The van der Waals surface area contributed by atoms with Crippen molar-refractivity contribution in [1.82, 2.24) is 14.8 Å². The topological polar surface area (TPSA) is 70.9 Å². The maximum absolute atomic E-state index is 14.0. The number of rotatable bonds is 4. The van der Waals surface area contributed by atoms with E-state index in [1.54, 1.807) is 19.1 Å². The molecular formula is C13H16FN3O2S. The smallest absolute Gasteiger partial charge is 0.344 e. The van der Waals surface area contributed by atoms with Gasteiger partial charge in [0.2, 0.25) is 0 Å². The zero-order valence-corrected chi connectivity index (χ0v) is 12.2. The van der Waals surface area contributed by atoms with E-state index in [9.17, 15) is 14.3 Å². The molecule has 0 amide bonds. The minimum Gasteiger partial charge on any atom is -0.389 e. The van der Waals surface area contributed by atoms with E-state index in [4.69, 9.17) is 0 Å². The van der Waals surface area contributed by atoms with Crippen LogP contribution in [0.5, 0.6) is 0 Å². The summed E-state index contributed by atoms with van der Waals surface area (Å²) >= 11 is 1.07. The lowest BCUT2D eigenvalue weighted by Gasteiger charge is -2.10. The third-order valence-electron chi connectivity index (χ3n) is 2.83. The molecule has 20 heavy (non-hydrogen) atoms. The van der Waals surface area contributed by atoms with Gasteiger partial charge >= 0.3 is 5.69 Å². The van der Waals surface area contributed by atoms with Gasteiger partial charge in [-0.3, -0.25) is 4.57 Å². The number of aromatic amines is 1. The number of aromatic nitrogens is 3. The van der Waals surface area contributed by atoms with E-state index in [0.717, 1.165) is 11.8 Å². The average molecular weight is 297 g/mol. The maximum Gasteiger partial charge on any atom is 0.344 e. The largest absolute Gasteiger partial charge is 0.389 e. The van der Waals surface area contributed by atoms with Gasteiger partial charge in [0.15, 0.2) is 5.16 Å². The molecule has 1 atom stereocenters. The fourth-order valence-corrected chi connectivity index (χ4v) is 2.75. The van der Waals surface area contributed by atoms with Gasteiger partial charge in [-0.05, 0) is 50.2 Å². The maximum atomic E-state index is 14.0. The molecule has 1 aromatic heterocycles. The summed E-state index contributed by atoms with van der Waals surface area (Å²) in [6, 6.07) is 4.45. The molecule has 1 aromatic carbocycles. The van der Waals surface area contributed by atoms with Gasteiger partial charge < -0.3 is 5.11 Å². The van der Waals surface area contributed by atoms with Gasteiger partial charge in [0.1, 0.15) is 5.82 Å². The highest BCUT2D eigenvalue weighted by Gasteiger charge is 2.15. The molecule has 7 heteroatoms. The van der Waals surface area contributed by atoms with Crippen LogP contribution in [0.2, 0.25) is 0 Å². The lowest BCUT2D eigenvalue weighted by Crippen LogP contribution is -2.19. The van der Waals surface area contributed by atoms with Crippen LogP contribution in [-0.4, -0.2) is 19.9 Å². The van der Waals surface area contributed by atoms with Gasteiger partial charge in [0, 0.05) is 6.04 Å². The molecule has 5 nitrogen and oxygen atoms in total. The molecule has 2 aromatic rings. The Morgan fingerprint density at radius 2 is 2.10 bits per heavy atom. The lowest BCUT2D eigenvalue weighted by molar-refractivity contribution is 0.198. The summed E-state index contributed by atoms with van der Waals surface area (Å²) in [4.78, 5) is 12.0. The van der Waals surface area contributed by atoms with Crippen LogP contribution in [0, 0.1) is 5.82 Å². The Kier molecular flexibility index (Phi) is 4.29. The highest BCUT2D eigenvalue weighted by Crippen LogP contribution is 2.30. The van der Waals surface area contributed by atoms with Crippen LogP contribution in [0.25, 0.3) is 0 Å². The van der Waals surface area contributed by atoms with Crippen molar-refractivity contribution < 1.29 is 9.50 Å². The van der Waals surface area contributed by atoms with Crippen molar-refractivity contribution >= 4 is 11.8 Å². The zero-order chi connectivity index (χ0) is 14.9. The second-order valence-corrected chi connectivity index (χ2v) is 5.75. The molecule has 0 spiro atoms. The van der Waals surface area contributed by atoms with Crippen molar-refractivity contribution in [3.05, 3.63) is 40.1 Å². The van der Waals surface area contributed by atoms with Crippen LogP contribution in [-0.2, 0) is 0 Å². The number of hydrogen-bond donors (Lipinski definition) is 2. The van der Waals surface area contributed by atoms with Crippen molar-refractivity contribution in [3.63, 3.8) is 0 Å². The Bertz CT molecular complexity index is 664. The van der Waals surface area contributed by atoms with Gasteiger partial charge in [0.05, 0.1) is 11.0 Å². The molecule has 0 aliphatic heterocycles. The van der Waals surface area contributed by atoms with Gasteiger partial charge in [-0.15, -0.1) is 5.10 Å². The van der Waals surface area contributed by atoms with E-state index in [-0.39, 0.29) is 11.7 Å². The molecule has 0 aliphatic carbocycles. The molecule has 2 N–H and O–H groups in total. The van der Waals surface area contributed by atoms with Crippen LogP contribution < -0.4 is 5.69 Å². The Balaban J connectivity index is 2.34. The average Bonchev–Trinajstić information content (AvgIpc) is 2.72. The Morgan fingerprint density at radius 3 is 2.65 bits per heavy atom. The van der Waals surface area contributed by atoms with Crippen molar-refractivity contribution in [3.8, 4) is 0 Å². The van der Waals surface area contributed by atoms with E-state index in [2.05, 4.69) is 10.2 Å². The van der Waals surface area contributed by atoms with Crippen LogP contribution in [0.15, 0.2) is 33.0 Å². The van der Waals surface area contributed by atoms with Crippen molar-refractivity contribution in [2.75, 3.05) is 0 Å². The summed E-state index contributed by atoms with van der Waals surface area (Å²) in [5.74, 6) is -0.445. The molecule has 0 aliphatic rings. The van der Waals surface area contributed by atoms with Crippen molar-refractivity contribution in [2.45, 2.75) is 43.0 Å². The molecule has 2 rings (SSSR count). The second-order valence-electron chi connectivity index (χ2n) is 4.74. The number of nitrogens with zero attached hydrogens (tertiary/aromatic N) is 2. The monoisotopic (exact) mass is 297 g/mol. The van der Waals surface area contributed by atoms with E-state index in [1.165, 1.54) is 10.6 Å². The lowest BCUT2D eigenvalue weighted by atomic mass is 10.1. The van der Waals surface area contributed by atoms with Crippen LogP contribution in [0.3, 0.4) is 0 Å². The Morgan fingerprint density at radius 1 is 1.40 bits per heavy atom. The van der Waals surface area contributed by atoms with E-state index in [0.29, 0.717) is 15.6 Å². The number of benzene rings is 1. The number of hydrogen-bond acceptors (Lipinski definition) is 4. The first kappa shape index (κ1) is 14.8.